The largest absolute Gasteiger partial charge is 0.495 e. The maximum atomic E-state index is 12.3. The molecule has 0 radical (unpaired) electrons. The van der Waals surface area contributed by atoms with Gasteiger partial charge in [-0.25, -0.2) is 4.79 Å². The fraction of sp³-hybridized carbons (Fsp3) is 0.300. The molecular weight excluding hydrogens is 350 g/mol. The Morgan fingerprint density at radius 2 is 1.70 bits per heavy atom. The zero-order valence-electron chi connectivity index (χ0n) is 15.8. The van der Waals surface area contributed by atoms with Crippen molar-refractivity contribution in [3.05, 3.63) is 48.0 Å². The van der Waals surface area contributed by atoms with Crippen LogP contribution in [0.1, 0.15) is 24.2 Å². The molecule has 27 heavy (non-hydrogen) atoms. The highest BCUT2D eigenvalue weighted by Crippen LogP contribution is 2.28. The van der Waals surface area contributed by atoms with Crippen molar-refractivity contribution in [3.8, 4) is 17.2 Å². The van der Waals surface area contributed by atoms with Gasteiger partial charge in [-0.15, -0.1) is 0 Å². The Balaban J connectivity index is 2.05. The normalized spacial score (nSPS) is 11.3. The minimum atomic E-state index is -1.00. The molecule has 0 fully saturated rings. The number of benzene rings is 2. The predicted octanol–water partition coefficient (Wildman–Crippen LogP) is 3.29. The second-order valence-corrected chi connectivity index (χ2v) is 5.54. The molecule has 0 heterocycles. The van der Waals surface area contributed by atoms with E-state index in [0.717, 1.165) is 0 Å². The van der Waals surface area contributed by atoms with Gasteiger partial charge in [-0.1, -0.05) is 12.1 Å². The molecule has 1 atom stereocenters. The van der Waals surface area contributed by atoms with E-state index in [1.54, 1.807) is 36.4 Å². The molecule has 0 aliphatic heterocycles. The Hall–Kier alpha value is -3.22. The van der Waals surface area contributed by atoms with Gasteiger partial charge in [0.15, 0.2) is 17.6 Å². The van der Waals surface area contributed by atoms with Gasteiger partial charge in [-0.05, 0) is 44.2 Å². The van der Waals surface area contributed by atoms with Crippen molar-refractivity contribution < 1.29 is 28.5 Å². The fourth-order valence-electron chi connectivity index (χ4n) is 2.33. The highest BCUT2D eigenvalue weighted by Gasteiger charge is 2.21. The van der Waals surface area contributed by atoms with E-state index in [2.05, 4.69) is 5.32 Å². The summed E-state index contributed by atoms with van der Waals surface area (Å²) in [6.07, 6.45) is -1.00. The molecule has 7 heteroatoms. The number of hydrogen-bond donors (Lipinski definition) is 1. The first-order valence-corrected chi connectivity index (χ1v) is 8.45. The van der Waals surface area contributed by atoms with Crippen molar-refractivity contribution >= 4 is 17.6 Å². The van der Waals surface area contributed by atoms with E-state index >= 15 is 0 Å². The van der Waals surface area contributed by atoms with E-state index in [1.165, 1.54) is 27.2 Å². The number of para-hydroxylation sites is 2. The molecule has 7 nitrogen and oxygen atoms in total. The molecule has 0 aromatic heterocycles. The van der Waals surface area contributed by atoms with Crippen LogP contribution in [0.25, 0.3) is 0 Å². The molecule has 0 unspecified atom stereocenters. The minimum Gasteiger partial charge on any atom is -0.495 e. The number of amides is 1. The number of nitrogens with one attached hydrogen (secondary N) is 1. The molecule has 0 aliphatic rings. The Bertz CT molecular complexity index is 805. The maximum absolute atomic E-state index is 12.3. The van der Waals surface area contributed by atoms with E-state index in [0.29, 0.717) is 29.5 Å². The van der Waals surface area contributed by atoms with Crippen LogP contribution in [0.15, 0.2) is 42.5 Å². The Kier molecular flexibility index (Phi) is 7.05. The molecule has 2 rings (SSSR count). The van der Waals surface area contributed by atoms with Gasteiger partial charge in [0, 0.05) is 0 Å². The molecule has 0 saturated heterocycles. The lowest BCUT2D eigenvalue weighted by Gasteiger charge is -2.16. The first-order valence-electron chi connectivity index (χ1n) is 8.45. The number of carbonyl (C=O) groups excluding carboxylic acids is 2. The van der Waals surface area contributed by atoms with Crippen LogP contribution in [0.3, 0.4) is 0 Å². The standard InChI is InChI=1S/C20H23NO6/c1-5-26-17-11-10-14(12-18(17)25-4)20(23)27-13(2)19(22)21-15-8-6-7-9-16(15)24-3/h6-13H,5H2,1-4H3,(H,21,22)/t13-/m0/s1. The Morgan fingerprint density at radius 3 is 2.37 bits per heavy atom. The van der Waals surface area contributed by atoms with Gasteiger partial charge in [0.25, 0.3) is 5.91 Å². The van der Waals surface area contributed by atoms with Crippen molar-refractivity contribution in [2.24, 2.45) is 0 Å². The monoisotopic (exact) mass is 373 g/mol. The first-order chi connectivity index (χ1) is 13.0. The topological polar surface area (TPSA) is 83.1 Å². The maximum Gasteiger partial charge on any atom is 0.339 e. The average molecular weight is 373 g/mol. The van der Waals surface area contributed by atoms with Crippen LogP contribution < -0.4 is 19.5 Å². The Morgan fingerprint density at radius 1 is 1.00 bits per heavy atom. The molecule has 2 aromatic carbocycles. The molecular formula is C20H23NO6. The van der Waals surface area contributed by atoms with Gasteiger partial charge in [0.05, 0.1) is 32.1 Å². The number of carbonyl (C=O) groups is 2. The van der Waals surface area contributed by atoms with Crippen LogP contribution in [0.5, 0.6) is 17.2 Å². The van der Waals surface area contributed by atoms with Crippen molar-refractivity contribution in [1.29, 1.82) is 0 Å². The SMILES string of the molecule is CCOc1ccc(C(=O)O[C@@H](C)C(=O)Nc2ccccc2OC)cc1OC. The van der Waals surface area contributed by atoms with Crippen LogP contribution in [-0.4, -0.2) is 38.8 Å². The average Bonchev–Trinajstić information content (AvgIpc) is 2.68. The van der Waals surface area contributed by atoms with E-state index in [-0.39, 0.29) is 5.56 Å². The van der Waals surface area contributed by atoms with Gasteiger partial charge in [-0.2, -0.15) is 0 Å². The predicted molar refractivity (Wildman–Crippen MR) is 101 cm³/mol. The van der Waals surface area contributed by atoms with E-state index in [1.807, 2.05) is 6.92 Å². The Labute approximate surface area is 158 Å². The van der Waals surface area contributed by atoms with Crippen molar-refractivity contribution in [1.82, 2.24) is 0 Å². The second kappa shape index (κ2) is 9.47. The van der Waals surface area contributed by atoms with Crippen molar-refractivity contribution in [3.63, 3.8) is 0 Å². The second-order valence-electron chi connectivity index (χ2n) is 5.54. The van der Waals surface area contributed by atoms with Crippen LogP contribution >= 0.6 is 0 Å². The third kappa shape index (κ3) is 5.13. The number of esters is 1. The highest BCUT2D eigenvalue weighted by molar-refractivity contribution is 5.98. The summed E-state index contributed by atoms with van der Waals surface area (Å²) in [5.74, 6) is 0.348. The molecule has 0 spiro atoms. The molecule has 144 valence electrons. The van der Waals surface area contributed by atoms with E-state index in [9.17, 15) is 9.59 Å². The van der Waals surface area contributed by atoms with Crippen LogP contribution in [0.4, 0.5) is 5.69 Å². The summed E-state index contributed by atoms with van der Waals surface area (Å²) in [4.78, 5) is 24.7. The summed E-state index contributed by atoms with van der Waals surface area (Å²) in [5.41, 5.74) is 0.753. The lowest BCUT2D eigenvalue weighted by atomic mass is 10.2. The number of anilines is 1. The van der Waals surface area contributed by atoms with Crippen LogP contribution in [0.2, 0.25) is 0 Å². The highest BCUT2D eigenvalue weighted by atomic mass is 16.5. The van der Waals surface area contributed by atoms with E-state index in [4.69, 9.17) is 18.9 Å². The number of methoxy groups -OCH3 is 2. The van der Waals surface area contributed by atoms with E-state index < -0.39 is 18.0 Å². The molecule has 0 saturated carbocycles. The van der Waals surface area contributed by atoms with Gasteiger partial charge in [0.1, 0.15) is 5.75 Å². The quantitative estimate of drug-likeness (QED) is 0.715. The lowest BCUT2D eigenvalue weighted by Crippen LogP contribution is -2.30. The molecule has 0 bridgehead atoms. The van der Waals surface area contributed by atoms with Crippen molar-refractivity contribution in [2.45, 2.75) is 20.0 Å². The summed E-state index contributed by atoms with van der Waals surface area (Å²) in [6, 6.07) is 11.7. The fourth-order valence-corrected chi connectivity index (χ4v) is 2.33. The molecule has 0 aliphatic carbocycles. The summed E-state index contributed by atoms with van der Waals surface area (Å²) < 4.78 is 21.1. The van der Waals surface area contributed by atoms with Crippen LogP contribution in [-0.2, 0) is 9.53 Å². The van der Waals surface area contributed by atoms with Gasteiger partial charge in [0.2, 0.25) is 0 Å². The van der Waals surface area contributed by atoms with Gasteiger partial charge in [-0.3, -0.25) is 4.79 Å². The summed E-state index contributed by atoms with van der Waals surface area (Å²) in [5, 5.41) is 2.68. The molecule has 1 N–H and O–H groups in total. The summed E-state index contributed by atoms with van der Waals surface area (Å²) in [7, 11) is 2.99. The van der Waals surface area contributed by atoms with Gasteiger partial charge >= 0.3 is 5.97 Å². The molecule has 1 amide bonds. The van der Waals surface area contributed by atoms with Gasteiger partial charge < -0.3 is 24.3 Å². The zero-order valence-corrected chi connectivity index (χ0v) is 15.8. The zero-order chi connectivity index (χ0) is 19.8. The minimum absolute atomic E-state index is 0.257. The van der Waals surface area contributed by atoms with Crippen molar-refractivity contribution in [2.75, 3.05) is 26.1 Å². The number of rotatable bonds is 8. The summed E-state index contributed by atoms with van der Waals surface area (Å²) in [6.45, 7) is 3.82. The third-order valence-corrected chi connectivity index (χ3v) is 3.72. The third-order valence-electron chi connectivity index (χ3n) is 3.72. The van der Waals surface area contributed by atoms with Crippen LogP contribution in [0, 0.1) is 0 Å². The number of ether oxygens (including phenoxy) is 4. The lowest BCUT2D eigenvalue weighted by molar-refractivity contribution is -0.123. The summed E-state index contributed by atoms with van der Waals surface area (Å²) >= 11 is 0. The first kappa shape index (κ1) is 20.1. The molecule has 2 aromatic rings. The number of hydrogen-bond acceptors (Lipinski definition) is 6. The smallest absolute Gasteiger partial charge is 0.339 e.